The van der Waals surface area contributed by atoms with Crippen LogP contribution in [0.1, 0.15) is 27.1 Å². The fourth-order valence-corrected chi connectivity index (χ4v) is 4.19. The van der Waals surface area contributed by atoms with Gasteiger partial charge in [0, 0.05) is 14.9 Å². The van der Waals surface area contributed by atoms with Gasteiger partial charge < -0.3 is 14.2 Å². The highest BCUT2D eigenvalue weighted by atomic mass is 79.9. The highest BCUT2D eigenvalue weighted by molar-refractivity contribution is 9.10. The van der Waals surface area contributed by atoms with E-state index in [-0.39, 0.29) is 19.0 Å². The highest BCUT2D eigenvalue weighted by Gasteiger charge is 2.30. The molecule has 4 rings (SSSR count). The van der Waals surface area contributed by atoms with Gasteiger partial charge in [0.2, 0.25) is 6.79 Å². The third-order valence-corrected chi connectivity index (χ3v) is 5.51. The quantitative estimate of drug-likeness (QED) is 0.566. The number of carbonyl (C=O) groups excluding carboxylic acids is 2. The van der Waals surface area contributed by atoms with Crippen LogP contribution in [0, 0.1) is 0 Å². The van der Waals surface area contributed by atoms with Crippen LogP contribution in [0.15, 0.2) is 45.8 Å². The van der Waals surface area contributed by atoms with E-state index in [0.29, 0.717) is 27.1 Å². The molecule has 0 spiro atoms. The third-order valence-electron chi connectivity index (χ3n) is 3.72. The normalized spacial score (nSPS) is 18.0. The van der Waals surface area contributed by atoms with E-state index in [9.17, 15) is 9.59 Å². The number of hydrogen-bond donors (Lipinski definition) is 0. The molecule has 2 aromatic carbocycles. The van der Waals surface area contributed by atoms with Gasteiger partial charge >= 0.3 is 5.97 Å². The third kappa shape index (κ3) is 2.78. The first-order chi connectivity index (χ1) is 11.6. The predicted molar refractivity (Wildman–Crippen MR) is 90.7 cm³/mol. The molecule has 0 fully saturated rings. The number of ketones is 1. The van der Waals surface area contributed by atoms with Crippen molar-refractivity contribution >= 4 is 39.4 Å². The summed E-state index contributed by atoms with van der Waals surface area (Å²) in [6.45, 7) is 0.145. The minimum atomic E-state index is -0.544. The van der Waals surface area contributed by atoms with Gasteiger partial charge in [0.1, 0.15) is 0 Å². The first-order valence-corrected chi connectivity index (χ1v) is 8.88. The van der Waals surface area contributed by atoms with Gasteiger partial charge in [0.25, 0.3) is 0 Å². The van der Waals surface area contributed by atoms with Crippen LogP contribution in [0.25, 0.3) is 0 Å². The number of fused-ring (bicyclic) bond motifs is 2. The van der Waals surface area contributed by atoms with Crippen molar-refractivity contribution in [3.8, 4) is 11.5 Å². The Morgan fingerprint density at radius 3 is 2.79 bits per heavy atom. The van der Waals surface area contributed by atoms with Crippen LogP contribution in [0.3, 0.4) is 0 Å². The first kappa shape index (κ1) is 15.5. The summed E-state index contributed by atoms with van der Waals surface area (Å²) in [7, 11) is 0. The van der Waals surface area contributed by atoms with Gasteiger partial charge in [-0.15, -0.1) is 0 Å². The number of cyclic esters (lactones) is 1. The lowest BCUT2D eigenvalue weighted by atomic mass is 10.1. The number of halogens is 1. The molecule has 0 radical (unpaired) electrons. The SMILES string of the molecule is O=C(CC1OC(=O)c2ccccc2S1)c1cc2c(cc1Br)OCO2. The van der Waals surface area contributed by atoms with Crippen molar-refractivity contribution in [3.63, 3.8) is 0 Å². The zero-order chi connectivity index (χ0) is 16.7. The van der Waals surface area contributed by atoms with E-state index in [1.54, 1.807) is 24.3 Å². The van der Waals surface area contributed by atoms with Gasteiger partial charge in [-0.05, 0) is 40.2 Å². The Balaban J connectivity index is 1.54. The summed E-state index contributed by atoms with van der Waals surface area (Å²) in [5, 5.41) is 0. The summed E-state index contributed by atoms with van der Waals surface area (Å²) in [6, 6.07) is 10.6. The van der Waals surface area contributed by atoms with Gasteiger partial charge in [0.15, 0.2) is 22.7 Å². The van der Waals surface area contributed by atoms with Crippen LogP contribution in [-0.2, 0) is 4.74 Å². The maximum atomic E-state index is 12.6. The number of ether oxygens (including phenoxy) is 3. The summed E-state index contributed by atoms with van der Waals surface area (Å²) in [5.41, 5.74) is 0.474. The summed E-state index contributed by atoms with van der Waals surface area (Å²) < 4.78 is 16.6. The van der Waals surface area contributed by atoms with Crippen molar-refractivity contribution in [3.05, 3.63) is 52.0 Å². The molecule has 0 aromatic heterocycles. The number of rotatable bonds is 3. The van der Waals surface area contributed by atoms with Gasteiger partial charge in [-0.25, -0.2) is 4.79 Å². The Hall–Kier alpha value is -1.99. The van der Waals surface area contributed by atoms with Crippen molar-refractivity contribution < 1.29 is 23.8 Å². The molecule has 0 saturated heterocycles. The fourth-order valence-electron chi connectivity index (χ4n) is 2.56. The molecule has 122 valence electrons. The van der Waals surface area contributed by atoms with Crippen molar-refractivity contribution in [1.82, 2.24) is 0 Å². The van der Waals surface area contributed by atoms with Crippen LogP contribution in [0.5, 0.6) is 11.5 Å². The molecule has 1 unspecified atom stereocenters. The maximum Gasteiger partial charge on any atom is 0.340 e. The zero-order valence-electron chi connectivity index (χ0n) is 12.3. The first-order valence-electron chi connectivity index (χ1n) is 7.21. The fraction of sp³-hybridized carbons (Fsp3) is 0.176. The molecule has 0 amide bonds. The molecular weight excluding hydrogens is 396 g/mol. The van der Waals surface area contributed by atoms with E-state index < -0.39 is 11.4 Å². The van der Waals surface area contributed by atoms with Crippen LogP contribution >= 0.6 is 27.7 Å². The van der Waals surface area contributed by atoms with Crippen molar-refractivity contribution in [2.45, 2.75) is 16.8 Å². The topological polar surface area (TPSA) is 61.8 Å². The zero-order valence-corrected chi connectivity index (χ0v) is 14.7. The lowest BCUT2D eigenvalue weighted by Crippen LogP contribution is -2.23. The van der Waals surface area contributed by atoms with Crippen molar-refractivity contribution in [1.29, 1.82) is 0 Å². The number of hydrogen-bond acceptors (Lipinski definition) is 6. The Bertz CT molecular complexity index is 851. The molecule has 2 heterocycles. The molecule has 0 aliphatic carbocycles. The molecule has 2 aromatic rings. The maximum absolute atomic E-state index is 12.6. The molecule has 0 saturated carbocycles. The van der Waals surface area contributed by atoms with Crippen LogP contribution in [0.4, 0.5) is 0 Å². The van der Waals surface area contributed by atoms with Crippen molar-refractivity contribution in [2.24, 2.45) is 0 Å². The molecule has 5 nitrogen and oxygen atoms in total. The van der Waals surface area contributed by atoms with Gasteiger partial charge in [-0.3, -0.25) is 4.79 Å². The Morgan fingerprint density at radius 1 is 1.21 bits per heavy atom. The van der Waals surface area contributed by atoms with E-state index in [1.165, 1.54) is 11.8 Å². The minimum Gasteiger partial charge on any atom is -0.454 e. The average molecular weight is 407 g/mol. The minimum absolute atomic E-state index is 0.0863. The van der Waals surface area contributed by atoms with E-state index in [0.717, 1.165) is 4.90 Å². The molecule has 0 N–H and O–H groups in total. The molecule has 2 aliphatic heterocycles. The summed E-state index contributed by atoms with van der Waals surface area (Å²) in [6.07, 6.45) is 0.0863. The van der Waals surface area contributed by atoms with Gasteiger partial charge in [0.05, 0.1) is 12.0 Å². The van der Waals surface area contributed by atoms with E-state index in [2.05, 4.69) is 15.9 Å². The summed E-state index contributed by atoms with van der Waals surface area (Å²) in [4.78, 5) is 25.5. The Kier molecular flexibility index (Phi) is 3.97. The van der Waals surface area contributed by atoms with Gasteiger partial charge in [-0.1, -0.05) is 23.9 Å². The number of carbonyl (C=O) groups is 2. The van der Waals surface area contributed by atoms with Crippen LogP contribution in [0.2, 0.25) is 0 Å². The number of thioether (sulfide) groups is 1. The number of Topliss-reactive ketones (excluding diaryl/α,β-unsaturated/α-hetero) is 1. The van der Waals surface area contributed by atoms with E-state index in [4.69, 9.17) is 14.2 Å². The second kappa shape index (κ2) is 6.14. The smallest absolute Gasteiger partial charge is 0.340 e. The second-order valence-electron chi connectivity index (χ2n) is 5.26. The lowest BCUT2D eigenvalue weighted by Gasteiger charge is -2.23. The largest absolute Gasteiger partial charge is 0.454 e. The standard InChI is InChI=1S/C17H11BrO5S/c18-11-6-14-13(21-8-22-14)5-10(11)12(19)7-16-23-17(20)9-3-1-2-4-15(9)24-16/h1-6,16H,7-8H2. The molecule has 7 heteroatoms. The van der Waals surface area contributed by atoms with Crippen LogP contribution in [-0.4, -0.2) is 24.0 Å². The molecular formula is C17H11BrO5S. The molecule has 2 aliphatic rings. The second-order valence-corrected chi connectivity index (χ2v) is 7.32. The average Bonchev–Trinajstić information content (AvgIpc) is 3.01. The molecule has 24 heavy (non-hydrogen) atoms. The predicted octanol–water partition coefficient (Wildman–Crippen LogP) is 4.04. The number of esters is 1. The number of benzene rings is 2. The highest BCUT2D eigenvalue weighted by Crippen LogP contribution is 2.39. The Labute approximate surface area is 150 Å². The van der Waals surface area contributed by atoms with Crippen molar-refractivity contribution in [2.75, 3.05) is 6.79 Å². The van der Waals surface area contributed by atoms with E-state index in [1.807, 2.05) is 12.1 Å². The van der Waals surface area contributed by atoms with E-state index >= 15 is 0 Å². The molecule has 1 atom stereocenters. The summed E-state index contributed by atoms with van der Waals surface area (Å²) in [5.74, 6) is 0.614. The molecule has 0 bridgehead atoms. The lowest BCUT2D eigenvalue weighted by molar-refractivity contribution is 0.0428. The Morgan fingerprint density at radius 2 is 1.96 bits per heavy atom. The monoisotopic (exact) mass is 406 g/mol. The van der Waals surface area contributed by atoms with Crippen LogP contribution < -0.4 is 9.47 Å². The van der Waals surface area contributed by atoms with Gasteiger partial charge in [-0.2, -0.15) is 0 Å². The summed E-state index contributed by atoms with van der Waals surface area (Å²) >= 11 is 4.76.